The average molecular weight is 428 g/mol. The molecule has 1 atom stereocenters. The van der Waals surface area contributed by atoms with Gasteiger partial charge in [-0.3, -0.25) is 4.79 Å². The summed E-state index contributed by atoms with van der Waals surface area (Å²) in [5, 5.41) is 0. The van der Waals surface area contributed by atoms with E-state index < -0.39 is 17.2 Å². The number of hydrogen-bond acceptors (Lipinski definition) is 5. The van der Waals surface area contributed by atoms with Gasteiger partial charge in [0.15, 0.2) is 5.82 Å². The van der Waals surface area contributed by atoms with E-state index in [0.717, 1.165) is 15.4 Å². The van der Waals surface area contributed by atoms with Crippen molar-refractivity contribution in [3.05, 3.63) is 77.7 Å². The minimum absolute atomic E-state index is 0.174. The van der Waals surface area contributed by atoms with Crippen molar-refractivity contribution in [1.82, 2.24) is 4.98 Å². The van der Waals surface area contributed by atoms with Crippen LogP contribution in [0.25, 0.3) is 0 Å². The normalized spacial score (nSPS) is 11.6. The quantitative estimate of drug-likeness (QED) is 0.403. The van der Waals surface area contributed by atoms with Crippen molar-refractivity contribution in [2.75, 3.05) is 23.4 Å². The van der Waals surface area contributed by atoms with Crippen LogP contribution in [-0.4, -0.2) is 30.1 Å². The van der Waals surface area contributed by atoms with Crippen LogP contribution in [0.15, 0.2) is 65.7 Å². The maximum Gasteiger partial charge on any atom is 0.258 e. The zero-order valence-electron chi connectivity index (χ0n) is 16.9. The van der Waals surface area contributed by atoms with Crippen LogP contribution in [0.4, 0.5) is 15.8 Å². The summed E-state index contributed by atoms with van der Waals surface area (Å²) in [6.07, 6.45) is 1.82. The Balaban J connectivity index is 1.95. The van der Waals surface area contributed by atoms with Crippen molar-refractivity contribution in [2.45, 2.75) is 18.4 Å². The molecule has 0 saturated carbocycles. The van der Waals surface area contributed by atoms with E-state index in [1.165, 1.54) is 25.4 Å². The maximum absolute atomic E-state index is 14.8. The number of amides is 1. The predicted octanol–water partition coefficient (Wildman–Crippen LogP) is 3.86. The van der Waals surface area contributed by atoms with Gasteiger partial charge in [-0.25, -0.2) is 9.37 Å². The van der Waals surface area contributed by atoms with Crippen LogP contribution in [0, 0.1) is 12.7 Å². The molecule has 6 nitrogen and oxygen atoms in total. The zero-order valence-corrected chi connectivity index (χ0v) is 17.7. The third-order valence-corrected chi connectivity index (χ3v) is 6.01. The van der Waals surface area contributed by atoms with E-state index in [2.05, 4.69) is 4.98 Å². The number of aromatic nitrogens is 1. The van der Waals surface area contributed by atoms with Crippen molar-refractivity contribution in [3.63, 3.8) is 0 Å². The topological polar surface area (TPSA) is 68.7 Å². The van der Waals surface area contributed by atoms with Gasteiger partial charge in [-0.2, -0.15) is 0 Å². The fourth-order valence-electron chi connectivity index (χ4n) is 3.05. The number of anilines is 2. The highest BCUT2D eigenvalue weighted by atomic mass is 32.2. The van der Waals surface area contributed by atoms with Gasteiger partial charge in [0, 0.05) is 19.7 Å². The van der Waals surface area contributed by atoms with E-state index in [-0.39, 0.29) is 10.6 Å². The lowest BCUT2D eigenvalue weighted by Crippen LogP contribution is -2.32. The van der Waals surface area contributed by atoms with Crippen LogP contribution in [0.3, 0.4) is 0 Å². The Bertz CT molecular complexity index is 1020. The van der Waals surface area contributed by atoms with E-state index >= 15 is 0 Å². The molecule has 0 N–H and O–H groups in total. The zero-order chi connectivity index (χ0) is 21.7. The molecule has 0 fully saturated rings. The fraction of sp³-hybridized carbons (Fsp3) is 0.182. The molecule has 2 aromatic carbocycles. The molecule has 1 amide bonds. The maximum atomic E-state index is 14.8. The molecule has 0 radical (unpaired) electrons. The monoisotopic (exact) mass is 427 g/mol. The minimum Gasteiger partial charge on any atom is -0.587 e. The Labute approximate surface area is 178 Å². The standard InChI is InChI=1S/C22H22FN3O3S/c1-16-7-4-5-8-17(16)14-25(2)22-19(23)9-6-10-20(22)30(28)26(15-27)18-11-12-21(29-3)24-13-18/h4-13,15H,14H2,1-3H3. The molecule has 0 aliphatic rings. The lowest BCUT2D eigenvalue weighted by molar-refractivity contribution is -0.106. The number of carbonyl (C=O) groups excluding carboxylic acids is 1. The number of methoxy groups -OCH3 is 1. The van der Waals surface area contributed by atoms with Gasteiger partial charge >= 0.3 is 0 Å². The molecule has 0 aliphatic carbocycles. The van der Waals surface area contributed by atoms with Crippen molar-refractivity contribution in [1.29, 1.82) is 0 Å². The lowest BCUT2D eigenvalue weighted by Gasteiger charge is -2.26. The molecule has 0 saturated heterocycles. The van der Waals surface area contributed by atoms with E-state index in [0.29, 0.717) is 24.5 Å². The highest BCUT2D eigenvalue weighted by molar-refractivity contribution is 7.93. The molecule has 8 heteroatoms. The molecular formula is C22H22FN3O3S. The Morgan fingerprint density at radius 2 is 1.93 bits per heavy atom. The van der Waals surface area contributed by atoms with Crippen molar-refractivity contribution >= 4 is 29.1 Å². The van der Waals surface area contributed by atoms with Gasteiger partial charge in [0.1, 0.15) is 22.7 Å². The van der Waals surface area contributed by atoms with E-state index in [1.807, 2.05) is 31.2 Å². The van der Waals surface area contributed by atoms with Crippen molar-refractivity contribution in [3.8, 4) is 5.88 Å². The van der Waals surface area contributed by atoms with Gasteiger partial charge < -0.3 is 14.2 Å². The van der Waals surface area contributed by atoms with Gasteiger partial charge in [0.25, 0.3) is 6.41 Å². The van der Waals surface area contributed by atoms with Crippen LogP contribution in [0.2, 0.25) is 0 Å². The van der Waals surface area contributed by atoms with E-state index in [9.17, 15) is 13.7 Å². The Morgan fingerprint density at radius 1 is 1.17 bits per heavy atom. The van der Waals surface area contributed by atoms with Crippen LogP contribution in [0.1, 0.15) is 11.1 Å². The summed E-state index contributed by atoms with van der Waals surface area (Å²) in [6.45, 7) is 2.40. The number of aryl methyl sites for hydroxylation is 1. The Kier molecular flexibility index (Phi) is 6.91. The summed E-state index contributed by atoms with van der Waals surface area (Å²) in [5.41, 5.74) is 2.57. The van der Waals surface area contributed by atoms with Gasteiger partial charge in [-0.15, -0.1) is 4.31 Å². The van der Waals surface area contributed by atoms with Crippen LogP contribution >= 0.6 is 0 Å². The molecule has 1 heterocycles. The number of benzene rings is 2. The highest BCUT2D eigenvalue weighted by Gasteiger charge is 2.30. The van der Waals surface area contributed by atoms with Crippen LogP contribution in [0.5, 0.6) is 5.88 Å². The number of halogens is 1. The molecule has 1 unspecified atom stereocenters. The predicted molar refractivity (Wildman–Crippen MR) is 115 cm³/mol. The number of nitrogens with zero attached hydrogens (tertiary/aromatic N) is 3. The summed E-state index contributed by atoms with van der Waals surface area (Å²) in [6, 6.07) is 15.3. The molecule has 3 aromatic rings. The lowest BCUT2D eigenvalue weighted by atomic mass is 10.1. The van der Waals surface area contributed by atoms with Gasteiger partial charge in [-0.05, 0) is 36.2 Å². The first-order valence-corrected chi connectivity index (χ1v) is 10.3. The first kappa shape index (κ1) is 21.6. The molecule has 30 heavy (non-hydrogen) atoms. The highest BCUT2D eigenvalue weighted by Crippen LogP contribution is 2.33. The smallest absolute Gasteiger partial charge is 0.258 e. The Hall–Kier alpha value is -3.10. The van der Waals surface area contributed by atoms with E-state index in [1.54, 1.807) is 30.1 Å². The number of ether oxygens (including phenoxy) is 1. The second kappa shape index (κ2) is 9.60. The van der Waals surface area contributed by atoms with Crippen LogP contribution in [-0.2, 0) is 22.7 Å². The second-order valence-corrected chi connectivity index (χ2v) is 7.94. The molecular weight excluding hydrogens is 405 g/mol. The average Bonchev–Trinajstić information content (AvgIpc) is 2.76. The SMILES string of the molecule is COc1ccc(N(C=O)[S+]([O-])c2cccc(F)c2N(C)Cc2ccccc2C)cn1. The van der Waals surface area contributed by atoms with E-state index in [4.69, 9.17) is 4.74 Å². The number of pyridine rings is 1. The van der Waals surface area contributed by atoms with Gasteiger partial charge in [0.05, 0.1) is 13.3 Å². The third-order valence-electron chi connectivity index (χ3n) is 4.65. The third kappa shape index (κ3) is 4.55. The van der Waals surface area contributed by atoms with Gasteiger partial charge in [0.2, 0.25) is 10.8 Å². The molecule has 1 aromatic heterocycles. The first-order chi connectivity index (χ1) is 14.5. The summed E-state index contributed by atoms with van der Waals surface area (Å²) in [7, 11) is 3.20. The molecule has 0 spiro atoms. The van der Waals surface area contributed by atoms with Crippen molar-refractivity contribution < 1.29 is 18.5 Å². The fourth-order valence-corrected chi connectivity index (χ4v) is 4.26. The minimum atomic E-state index is -1.98. The van der Waals surface area contributed by atoms with Gasteiger partial charge in [-0.1, -0.05) is 30.3 Å². The molecule has 3 rings (SSSR count). The summed E-state index contributed by atoms with van der Waals surface area (Å²) >= 11 is -1.98. The second-order valence-electron chi connectivity index (χ2n) is 6.61. The molecule has 0 bridgehead atoms. The first-order valence-electron chi connectivity index (χ1n) is 9.17. The summed E-state index contributed by atoms with van der Waals surface area (Å²) < 4.78 is 34.1. The summed E-state index contributed by atoms with van der Waals surface area (Å²) in [5.74, 6) is -0.157. The number of rotatable bonds is 8. The summed E-state index contributed by atoms with van der Waals surface area (Å²) in [4.78, 5) is 17.7. The van der Waals surface area contributed by atoms with Crippen molar-refractivity contribution in [2.24, 2.45) is 0 Å². The number of para-hydroxylation sites is 1. The molecule has 156 valence electrons. The Morgan fingerprint density at radius 3 is 2.57 bits per heavy atom. The largest absolute Gasteiger partial charge is 0.587 e. The number of hydrogen-bond donors (Lipinski definition) is 0. The molecule has 0 aliphatic heterocycles. The number of carbonyl (C=O) groups is 1. The van der Waals surface area contributed by atoms with Crippen LogP contribution < -0.4 is 13.9 Å².